The fourth-order valence-electron chi connectivity index (χ4n) is 0.455. The van der Waals surface area contributed by atoms with Crippen molar-refractivity contribution in [2.24, 2.45) is 5.92 Å². The zero-order valence-electron chi connectivity index (χ0n) is 5.00. The summed E-state index contributed by atoms with van der Waals surface area (Å²) in [4.78, 5) is 20.0. The van der Waals surface area contributed by atoms with Crippen molar-refractivity contribution in [3.63, 3.8) is 0 Å². The van der Waals surface area contributed by atoms with Crippen LogP contribution in [0, 0.1) is 5.92 Å². The van der Waals surface area contributed by atoms with Crippen molar-refractivity contribution in [2.45, 2.75) is 13.3 Å². The topological polar surface area (TPSA) is 74.6 Å². The Morgan fingerprint density at radius 3 is 1.55 bits per heavy atom. The number of carboxylic acids is 2. The molecule has 4 nitrogen and oxygen atoms in total. The Hall–Kier alpha value is 0.537. The van der Waals surface area contributed by atoms with E-state index in [1.165, 1.54) is 6.92 Å². The first-order valence-corrected chi connectivity index (χ1v) is 2.55. The van der Waals surface area contributed by atoms with Crippen molar-refractivity contribution in [3.05, 3.63) is 0 Å². The van der Waals surface area contributed by atoms with Gasteiger partial charge in [-0.3, -0.25) is 9.59 Å². The van der Waals surface area contributed by atoms with Gasteiger partial charge in [-0.05, 0) is 6.42 Å². The number of carboxylic acid groups (broad SMARTS) is 2. The fourth-order valence-corrected chi connectivity index (χ4v) is 0.455. The van der Waals surface area contributed by atoms with E-state index >= 15 is 0 Å². The first-order valence-electron chi connectivity index (χ1n) is 2.55. The van der Waals surface area contributed by atoms with E-state index in [1.807, 2.05) is 0 Å². The van der Waals surface area contributed by atoms with Gasteiger partial charge in [-0.25, -0.2) is 0 Å². The predicted molar refractivity (Wildman–Crippen MR) is 43.4 cm³/mol. The fraction of sp³-hybridized carbons (Fsp3) is 0.600. The summed E-state index contributed by atoms with van der Waals surface area (Å²) in [5.41, 5.74) is 0. The molecule has 0 unspecified atom stereocenters. The van der Waals surface area contributed by atoms with Crippen molar-refractivity contribution < 1.29 is 19.8 Å². The maximum atomic E-state index is 9.99. The van der Waals surface area contributed by atoms with Crippen LogP contribution in [-0.2, 0) is 9.59 Å². The van der Waals surface area contributed by atoms with Crippen LogP contribution in [0.25, 0.3) is 0 Å². The molecule has 0 aromatic carbocycles. The third-order valence-corrected chi connectivity index (χ3v) is 1.00. The van der Waals surface area contributed by atoms with Gasteiger partial charge in [0.15, 0.2) is 5.92 Å². The average molecular weight is 164 g/mol. The van der Waals surface area contributed by atoms with Crippen molar-refractivity contribution in [3.8, 4) is 0 Å². The van der Waals surface area contributed by atoms with Crippen LogP contribution in [0.4, 0.5) is 0 Å². The minimum atomic E-state index is -1.27. The molecule has 11 heavy (non-hydrogen) atoms. The Labute approximate surface area is 98.8 Å². The molecule has 0 radical (unpaired) electrons. The molecule has 56 valence electrons. The molecule has 0 bridgehead atoms. The van der Waals surface area contributed by atoms with Crippen molar-refractivity contribution >= 4 is 60.4 Å². The second-order valence-corrected chi connectivity index (χ2v) is 1.64. The molecule has 6 heteroatoms. The van der Waals surface area contributed by atoms with Crippen LogP contribution in [0.3, 0.4) is 0 Å². The summed E-state index contributed by atoms with van der Waals surface area (Å²) >= 11 is 0. The second-order valence-electron chi connectivity index (χ2n) is 1.64. The summed E-state index contributed by atoms with van der Waals surface area (Å²) < 4.78 is 0. The third-order valence-electron chi connectivity index (χ3n) is 1.00. The minimum absolute atomic E-state index is 0. The van der Waals surface area contributed by atoms with Gasteiger partial charge >= 0.3 is 60.4 Å². The quantitative estimate of drug-likeness (QED) is 0.409. The molecule has 0 spiro atoms. The number of hydrogen-bond acceptors (Lipinski definition) is 2. The van der Waals surface area contributed by atoms with Gasteiger partial charge in [0.25, 0.3) is 0 Å². The van der Waals surface area contributed by atoms with Crippen LogP contribution >= 0.6 is 0 Å². The normalized spacial score (nSPS) is 7.82. The Morgan fingerprint density at radius 1 is 1.27 bits per heavy atom. The van der Waals surface area contributed by atoms with E-state index in [4.69, 9.17) is 10.2 Å². The van der Waals surface area contributed by atoms with Crippen molar-refractivity contribution in [1.29, 1.82) is 0 Å². The number of carbonyl (C=O) groups is 2. The van der Waals surface area contributed by atoms with E-state index in [-0.39, 0.29) is 54.8 Å². The Balaban J connectivity index is -0.000000320. The average Bonchev–Trinajstić information content (AvgIpc) is 1.64. The molecular formula is C5H10LiNaO4. The van der Waals surface area contributed by atoms with Gasteiger partial charge in [-0.15, -0.1) is 0 Å². The summed E-state index contributed by atoms with van der Waals surface area (Å²) in [7, 11) is 0. The van der Waals surface area contributed by atoms with E-state index in [9.17, 15) is 9.59 Å². The van der Waals surface area contributed by atoms with Gasteiger partial charge in [-0.2, -0.15) is 0 Å². The van der Waals surface area contributed by atoms with Gasteiger partial charge in [0.2, 0.25) is 0 Å². The molecule has 0 atom stereocenters. The Kier molecular flexibility index (Phi) is 13.8. The molecule has 0 aromatic rings. The molecule has 0 heterocycles. The van der Waals surface area contributed by atoms with Gasteiger partial charge in [-0.1, -0.05) is 6.92 Å². The van der Waals surface area contributed by atoms with Gasteiger partial charge in [0, 0.05) is 0 Å². The molecule has 0 aromatic heterocycles. The summed E-state index contributed by atoms with van der Waals surface area (Å²) in [5.74, 6) is -3.79. The second kappa shape index (κ2) is 8.63. The van der Waals surface area contributed by atoms with Crippen LogP contribution in [-0.4, -0.2) is 70.6 Å². The van der Waals surface area contributed by atoms with Gasteiger partial charge < -0.3 is 10.2 Å². The standard InChI is InChI=1S/C5H8O4.Li.Na.2H/c1-2-3(4(6)7)5(8)9;;;;/h3H,2H2,1H3,(H,6,7)(H,8,9);;;;. The van der Waals surface area contributed by atoms with Gasteiger partial charge in [0.05, 0.1) is 0 Å². The van der Waals surface area contributed by atoms with Crippen molar-refractivity contribution in [2.75, 3.05) is 0 Å². The third kappa shape index (κ3) is 6.92. The molecule has 0 saturated carbocycles. The van der Waals surface area contributed by atoms with E-state index in [2.05, 4.69) is 0 Å². The zero-order chi connectivity index (χ0) is 7.44. The Morgan fingerprint density at radius 2 is 1.55 bits per heavy atom. The van der Waals surface area contributed by atoms with Crippen LogP contribution in [0.15, 0.2) is 0 Å². The first-order chi connectivity index (χ1) is 4.09. The predicted octanol–water partition coefficient (Wildman–Crippen LogP) is -1.12. The van der Waals surface area contributed by atoms with Gasteiger partial charge in [0.1, 0.15) is 0 Å². The van der Waals surface area contributed by atoms with E-state index < -0.39 is 17.9 Å². The number of aliphatic carboxylic acids is 2. The molecule has 0 aliphatic carbocycles. The summed E-state index contributed by atoms with van der Waals surface area (Å²) in [6.07, 6.45) is 0.130. The Bertz CT molecular complexity index is 124. The monoisotopic (exact) mass is 164 g/mol. The molecule has 0 saturated heterocycles. The van der Waals surface area contributed by atoms with Crippen molar-refractivity contribution in [1.82, 2.24) is 0 Å². The molecule has 0 aliphatic rings. The molecule has 0 rings (SSSR count). The summed E-state index contributed by atoms with van der Waals surface area (Å²) in [6, 6.07) is 0. The number of rotatable bonds is 3. The molecule has 0 fully saturated rings. The van der Waals surface area contributed by atoms with E-state index in [0.29, 0.717) is 0 Å². The molecule has 2 N–H and O–H groups in total. The maximum absolute atomic E-state index is 9.99. The SMILES string of the molecule is CCC(C(=O)O)C(=O)O.[LiH].[NaH]. The van der Waals surface area contributed by atoms with Crippen LogP contribution in [0.1, 0.15) is 13.3 Å². The molecule has 0 aliphatic heterocycles. The van der Waals surface area contributed by atoms with E-state index in [0.717, 1.165) is 0 Å². The first kappa shape index (κ1) is 17.6. The number of hydrogen-bond donors (Lipinski definition) is 2. The molecular weight excluding hydrogens is 154 g/mol. The molecule has 0 amide bonds. The van der Waals surface area contributed by atoms with Crippen LogP contribution in [0.5, 0.6) is 0 Å². The van der Waals surface area contributed by atoms with E-state index in [1.54, 1.807) is 0 Å². The van der Waals surface area contributed by atoms with Crippen LogP contribution in [0.2, 0.25) is 0 Å². The summed E-state index contributed by atoms with van der Waals surface area (Å²) in [5, 5.41) is 16.3. The zero-order valence-corrected chi connectivity index (χ0v) is 5.00. The van der Waals surface area contributed by atoms with Crippen LogP contribution < -0.4 is 0 Å². The summed E-state index contributed by atoms with van der Waals surface area (Å²) in [6.45, 7) is 1.52.